The van der Waals surface area contributed by atoms with Gasteiger partial charge < -0.3 is 5.73 Å². The Hall–Kier alpha value is -1.00. The third-order valence-corrected chi connectivity index (χ3v) is 4.50. The summed E-state index contributed by atoms with van der Waals surface area (Å²) in [4.78, 5) is 2.37. The highest BCUT2D eigenvalue weighted by molar-refractivity contribution is 5.21. The molecule has 0 aromatic heterocycles. The summed E-state index contributed by atoms with van der Waals surface area (Å²) in [5, 5.41) is 0. The molecular formula is C16H24F2N2. The van der Waals surface area contributed by atoms with Gasteiger partial charge in [-0.15, -0.1) is 0 Å². The molecule has 1 aromatic rings. The maximum Gasteiger partial charge on any atom is 0.159 e. The van der Waals surface area contributed by atoms with Gasteiger partial charge in [-0.3, -0.25) is 4.90 Å². The standard InChI is InChI=1S/C16H24F2N2/c1-3-20(14-7-5-13(19)6-8-14)11(2)12-4-9-15(17)16(18)10-12/h4,9-11,13-14H,3,5-8,19H2,1-2H3. The summed E-state index contributed by atoms with van der Waals surface area (Å²) < 4.78 is 26.4. The van der Waals surface area contributed by atoms with Crippen molar-refractivity contribution in [2.75, 3.05) is 6.54 Å². The maximum absolute atomic E-state index is 13.4. The van der Waals surface area contributed by atoms with Crippen molar-refractivity contribution >= 4 is 0 Å². The Labute approximate surface area is 120 Å². The lowest BCUT2D eigenvalue weighted by molar-refractivity contribution is 0.114. The molecule has 1 saturated carbocycles. The van der Waals surface area contributed by atoms with Crippen LogP contribution in [0.3, 0.4) is 0 Å². The molecule has 1 fully saturated rings. The van der Waals surface area contributed by atoms with Crippen LogP contribution in [0.5, 0.6) is 0 Å². The van der Waals surface area contributed by atoms with E-state index >= 15 is 0 Å². The topological polar surface area (TPSA) is 29.3 Å². The Kier molecular flexibility index (Phi) is 5.11. The van der Waals surface area contributed by atoms with Crippen molar-refractivity contribution in [3.8, 4) is 0 Å². The lowest BCUT2D eigenvalue weighted by Gasteiger charge is -2.39. The molecule has 0 saturated heterocycles. The fourth-order valence-corrected chi connectivity index (χ4v) is 3.25. The highest BCUT2D eigenvalue weighted by Gasteiger charge is 2.27. The largest absolute Gasteiger partial charge is 0.328 e. The first kappa shape index (κ1) is 15.4. The predicted octanol–water partition coefficient (Wildman–Crippen LogP) is 3.62. The van der Waals surface area contributed by atoms with Crippen LogP contribution in [0, 0.1) is 11.6 Å². The van der Waals surface area contributed by atoms with E-state index in [4.69, 9.17) is 5.73 Å². The average Bonchev–Trinajstić information content (AvgIpc) is 2.44. The van der Waals surface area contributed by atoms with Crippen molar-refractivity contribution in [3.63, 3.8) is 0 Å². The summed E-state index contributed by atoms with van der Waals surface area (Å²) in [6.07, 6.45) is 4.27. The van der Waals surface area contributed by atoms with Gasteiger partial charge in [0.1, 0.15) is 0 Å². The molecule has 0 radical (unpaired) electrons. The van der Waals surface area contributed by atoms with Crippen LogP contribution in [-0.2, 0) is 0 Å². The molecule has 1 atom stereocenters. The molecule has 0 amide bonds. The number of halogens is 2. The average molecular weight is 282 g/mol. The van der Waals surface area contributed by atoms with Crippen LogP contribution < -0.4 is 5.73 Å². The van der Waals surface area contributed by atoms with Gasteiger partial charge in [0.2, 0.25) is 0 Å². The summed E-state index contributed by atoms with van der Waals surface area (Å²) in [6.45, 7) is 5.08. The zero-order valence-electron chi connectivity index (χ0n) is 12.3. The predicted molar refractivity (Wildman–Crippen MR) is 77.4 cm³/mol. The van der Waals surface area contributed by atoms with Crippen LogP contribution in [0.2, 0.25) is 0 Å². The second-order valence-electron chi connectivity index (χ2n) is 5.75. The Morgan fingerprint density at radius 3 is 2.40 bits per heavy atom. The first-order chi connectivity index (χ1) is 9.52. The second kappa shape index (κ2) is 6.64. The first-order valence-electron chi connectivity index (χ1n) is 7.49. The summed E-state index contributed by atoms with van der Waals surface area (Å²) in [6, 6.07) is 5.12. The molecule has 0 heterocycles. The van der Waals surface area contributed by atoms with E-state index in [-0.39, 0.29) is 6.04 Å². The molecule has 0 bridgehead atoms. The summed E-state index contributed by atoms with van der Waals surface area (Å²) in [7, 11) is 0. The Morgan fingerprint density at radius 1 is 1.20 bits per heavy atom. The van der Waals surface area contributed by atoms with Crippen LogP contribution in [0.4, 0.5) is 8.78 Å². The molecule has 0 spiro atoms. The highest BCUT2D eigenvalue weighted by atomic mass is 19.2. The molecule has 1 aliphatic carbocycles. The molecule has 4 heteroatoms. The SMILES string of the molecule is CCN(C1CCC(N)CC1)C(C)c1ccc(F)c(F)c1. The van der Waals surface area contributed by atoms with E-state index in [1.807, 2.05) is 0 Å². The molecule has 1 aromatic carbocycles. The first-order valence-corrected chi connectivity index (χ1v) is 7.49. The van der Waals surface area contributed by atoms with Gasteiger partial charge in [0.15, 0.2) is 11.6 Å². The minimum Gasteiger partial charge on any atom is -0.328 e. The van der Waals surface area contributed by atoms with Gasteiger partial charge >= 0.3 is 0 Å². The van der Waals surface area contributed by atoms with Gasteiger partial charge in [-0.25, -0.2) is 8.78 Å². The molecule has 1 unspecified atom stereocenters. The van der Waals surface area contributed by atoms with Gasteiger partial charge in [0.25, 0.3) is 0 Å². The lowest BCUT2D eigenvalue weighted by Crippen LogP contribution is -2.42. The van der Waals surface area contributed by atoms with E-state index in [1.165, 1.54) is 12.1 Å². The fraction of sp³-hybridized carbons (Fsp3) is 0.625. The van der Waals surface area contributed by atoms with Crippen molar-refractivity contribution in [2.45, 2.75) is 57.7 Å². The van der Waals surface area contributed by atoms with Crippen molar-refractivity contribution in [1.29, 1.82) is 0 Å². The van der Waals surface area contributed by atoms with Crippen LogP contribution in [0.25, 0.3) is 0 Å². The molecule has 2 rings (SSSR count). The number of nitrogens with zero attached hydrogens (tertiary/aromatic N) is 1. The molecule has 20 heavy (non-hydrogen) atoms. The lowest BCUT2D eigenvalue weighted by atomic mass is 9.89. The van der Waals surface area contributed by atoms with Crippen LogP contribution >= 0.6 is 0 Å². The Morgan fingerprint density at radius 2 is 1.85 bits per heavy atom. The maximum atomic E-state index is 13.4. The summed E-state index contributed by atoms with van der Waals surface area (Å²) >= 11 is 0. The molecule has 0 aliphatic heterocycles. The number of rotatable bonds is 4. The van der Waals surface area contributed by atoms with E-state index < -0.39 is 11.6 Å². The van der Waals surface area contributed by atoms with Gasteiger partial charge in [-0.05, 0) is 56.8 Å². The molecule has 1 aliphatic rings. The summed E-state index contributed by atoms with van der Waals surface area (Å²) in [5.74, 6) is -1.55. The van der Waals surface area contributed by atoms with Crippen LogP contribution in [0.15, 0.2) is 18.2 Å². The molecule has 112 valence electrons. The zero-order valence-corrected chi connectivity index (χ0v) is 12.3. The van der Waals surface area contributed by atoms with Gasteiger partial charge in [-0.1, -0.05) is 13.0 Å². The van der Waals surface area contributed by atoms with Crippen LogP contribution in [0.1, 0.15) is 51.1 Å². The monoisotopic (exact) mass is 282 g/mol. The van der Waals surface area contributed by atoms with E-state index in [9.17, 15) is 8.78 Å². The third-order valence-electron chi connectivity index (χ3n) is 4.50. The number of benzene rings is 1. The van der Waals surface area contributed by atoms with Gasteiger partial charge in [0, 0.05) is 18.1 Å². The second-order valence-corrected chi connectivity index (χ2v) is 5.75. The molecule has 2 nitrogen and oxygen atoms in total. The van der Waals surface area contributed by atoms with E-state index in [1.54, 1.807) is 6.07 Å². The fourth-order valence-electron chi connectivity index (χ4n) is 3.25. The molecular weight excluding hydrogens is 258 g/mol. The van der Waals surface area contributed by atoms with Crippen molar-refractivity contribution in [2.24, 2.45) is 5.73 Å². The zero-order chi connectivity index (χ0) is 14.7. The number of nitrogens with two attached hydrogens (primary N) is 1. The van der Waals surface area contributed by atoms with Gasteiger partial charge in [-0.2, -0.15) is 0 Å². The van der Waals surface area contributed by atoms with Gasteiger partial charge in [0.05, 0.1) is 0 Å². The molecule has 2 N–H and O–H groups in total. The number of hydrogen-bond acceptors (Lipinski definition) is 2. The van der Waals surface area contributed by atoms with Crippen molar-refractivity contribution in [1.82, 2.24) is 4.90 Å². The summed E-state index contributed by atoms with van der Waals surface area (Å²) in [5.41, 5.74) is 6.79. The Balaban J connectivity index is 2.11. The quantitative estimate of drug-likeness (QED) is 0.914. The Bertz CT molecular complexity index is 442. The van der Waals surface area contributed by atoms with E-state index in [2.05, 4.69) is 18.7 Å². The normalized spacial score (nSPS) is 24.9. The minimum atomic E-state index is -0.785. The smallest absolute Gasteiger partial charge is 0.159 e. The minimum absolute atomic E-state index is 0.0921. The van der Waals surface area contributed by atoms with E-state index in [0.29, 0.717) is 12.1 Å². The van der Waals surface area contributed by atoms with Crippen LogP contribution in [-0.4, -0.2) is 23.5 Å². The highest BCUT2D eigenvalue weighted by Crippen LogP contribution is 2.30. The van der Waals surface area contributed by atoms with E-state index in [0.717, 1.165) is 37.8 Å². The number of hydrogen-bond donors (Lipinski definition) is 1. The van der Waals surface area contributed by atoms with Crippen molar-refractivity contribution in [3.05, 3.63) is 35.4 Å². The third kappa shape index (κ3) is 3.36. The van der Waals surface area contributed by atoms with Crippen molar-refractivity contribution < 1.29 is 8.78 Å².